The van der Waals surface area contributed by atoms with Crippen LogP contribution >= 0.6 is 23.0 Å². The number of fused-ring (bicyclic) bond motifs is 1. The zero-order valence-corrected chi connectivity index (χ0v) is 9.63. The van der Waals surface area contributed by atoms with Gasteiger partial charge in [0.05, 0.1) is 0 Å². The summed E-state index contributed by atoms with van der Waals surface area (Å²) < 4.78 is 5.02. The number of benzene rings is 1. The summed E-state index contributed by atoms with van der Waals surface area (Å²) in [5.41, 5.74) is 0.0625. The summed E-state index contributed by atoms with van der Waals surface area (Å²) in [5.74, 6) is -0.339. The molecule has 15 heavy (non-hydrogen) atoms. The van der Waals surface area contributed by atoms with E-state index in [2.05, 4.69) is 4.98 Å². The maximum atomic E-state index is 10.9. The molecule has 1 aromatic heterocycles. The molecule has 1 N–H and O–H groups in total. The minimum absolute atomic E-state index is 0.0625. The second kappa shape index (κ2) is 4.01. The largest absolute Gasteiger partial charge is 0.476 e. The monoisotopic (exact) mass is 315 g/mol. The van der Waals surface area contributed by atoms with Gasteiger partial charge in [-0.15, -0.1) is 0 Å². The molecule has 0 aliphatic carbocycles. The quantitative estimate of drug-likeness (QED) is 0.866. The third kappa shape index (κ3) is 1.87. The molecule has 0 bridgehead atoms. The number of carbonyl (C=O) groups is 1. The first kappa shape index (κ1) is 10.2. The molecular formula is C10H6INO3. The van der Waals surface area contributed by atoms with Gasteiger partial charge in [-0.1, -0.05) is 0 Å². The highest BCUT2D eigenvalue weighted by Crippen LogP contribution is 2.23. The number of aromatic carboxylic acids is 1. The summed E-state index contributed by atoms with van der Waals surface area (Å²) in [6, 6.07) is 6.93. The Morgan fingerprint density at radius 2 is 2.20 bits per heavy atom. The Morgan fingerprint density at radius 3 is 2.87 bits per heavy atom. The lowest BCUT2D eigenvalue weighted by atomic mass is 10.1. The molecule has 2 aromatic rings. The van der Waals surface area contributed by atoms with Crippen molar-refractivity contribution in [3.63, 3.8) is 0 Å². The van der Waals surface area contributed by atoms with Crippen molar-refractivity contribution in [1.29, 1.82) is 0 Å². The summed E-state index contributed by atoms with van der Waals surface area (Å²) in [6.07, 6.45) is 1.47. The van der Waals surface area contributed by atoms with Gasteiger partial charge in [0.1, 0.15) is 5.75 Å². The number of rotatable bonds is 2. The third-order valence-electron chi connectivity index (χ3n) is 2.03. The van der Waals surface area contributed by atoms with Gasteiger partial charge in [0.25, 0.3) is 0 Å². The van der Waals surface area contributed by atoms with Gasteiger partial charge in [0.2, 0.25) is 0 Å². The van der Waals surface area contributed by atoms with Crippen LogP contribution < -0.4 is 3.07 Å². The molecule has 0 saturated carbocycles. The van der Waals surface area contributed by atoms with E-state index in [1.54, 1.807) is 47.3 Å². The van der Waals surface area contributed by atoms with Gasteiger partial charge in [0.15, 0.2) is 28.7 Å². The summed E-state index contributed by atoms with van der Waals surface area (Å²) in [4.78, 5) is 14.7. The predicted molar refractivity (Wildman–Crippen MR) is 63.4 cm³/mol. The first-order valence-corrected chi connectivity index (χ1v) is 5.01. The van der Waals surface area contributed by atoms with Gasteiger partial charge in [-0.05, 0) is 29.7 Å². The fraction of sp³-hybridized carbons (Fsp3) is 0. The predicted octanol–water partition coefficient (Wildman–Crippen LogP) is 2.66. The Kier molecular flexibility index (Phi) is 2.72. The lowest BCUT2D eigenvalue weighted by Crippen LogP contribution is -2.00. The maximum absolute atomic E-state index is 10.9. The lowest BCUT2D eigenvalue weighted by Gasteiger charge is -2.02. The average Bonchev–Trinajstić information content (AvgIpc) is 2.27. The molecule has 0 spiro atoms. The minimum Gasteiger partial charge on any atom is -0.476 e. The summed E-state index contributed by atoms with van der Waals surface area (Å²) in [5, 5.41) is 10.3. The number of carboxylic acid groups (broad SMARTS) is 1. The van der Waals surface area contributed by atoms with E-state index in [1.165, 1.54) is 6.20 Å². The molecule has 76 valence electrons. The Morgan fingerprint density at radius 1 is 1.40 bits per heavy atom. The van der Waals surface area contributed by atoms with Crippen molar-refractivity contribution < 1.29 is 13.0 Å². The zero-order valence-electron chi connectivity index (χ0n) is 7.48. The van der Waals surface area contributed by atoms with Gasteiger partial charge < -0.3 is 8.17 Å². The Bertz CT molecular complexity index is 527. The van der Waals surface area contributed by atoms with Crippen LogP contribution in [-0.4, -0.2) is 16.1 Å². The molecule has 4 nitrogen and oxygen atoms in total. The van der Waals surface area contributed by atoms with E-state index in [4.69, 9.17) is 8.17 Å². The van der Waals surface area contributed by atoms with E-state index in [0.717, 1.165) is 5.39 Å². The van der Waals surface area contributed by atoms with Crippen LogP contribution in [0.1, 0.15) is 10.5 Å². The maximum Gasteiger partial charge on any atom is 0.355 e. The Labute approximate surface area is 99.6 Å². The highest BCUT2D eigenvalue weighted by Gasteiger charge is 2.09. The van der Waals surface area contributed by atoms with E-state index in [-0.39, 0.29) is 5.69 Å². The number of hydrogen-bond acceptors (Lipinski definition) is 3. The minimum atomic E-state index is -1.02. The van der Waals surface area contributed by atoms with E-state index in [9.17, 15) is 4.79 Å². The Balaban J connectivity index is 2.72. The SMILES string of the molecule is O=C(O)c1nccc2cc(OI)ccc12. The van der Waals surface area contributed by atoms with Gasteiger partial charge in [0, 0.05) is 11.6 Å². The van der Waals surface area contributed by atoms with Crippen LogP contribution in [0.2, 0.25) is 0 Å². The molecule has 0 amide bonds. The van der Waals surface area contributed by atoms with Crippen molar-refractivity contribution in [3.8, 4) is 5.75 Å². The van der Waals surface area contributed by atoms with Crippen molar-refractivity contribution in [3.05, 3.63) is 36.2 Å². The van der Waals surface area contributed by atoms with Crippen LogP contribution in [-0.2, 0) is 0 Å². The van der Waals surface area contributed by atoms with E-state index in [1.807, 2.05) is 0 Å². The van der Waals surface area contributed by atoms with Crippen molar-refractivity contribution in [2.45, 2.75) is 0 Å². The van der Waals surface area contributed by atoms with Crippen LogP contribution in [0.25, 0.3) is 10.8 Å². The highest BCUT2D eigenvalue weighted by molar-refractivity contribution is 14.1. The Hall–Kier alpha value is -1.37. The van der Waals surface area contributed by atoms with Crippen molar-refractivity contribution in [2.75, 3.05) is 0 Å². The third-order valence-corrected chi connectivity index (χ3v) is 2.54. The van der Waals surface area contributed by atoms with Crippen LogP contribution in [0.5, 0.6) is 5.75 Å². The number of pyridine rings is 1. The molecule has 1 heterocycles. The normalized spacial score (nSPS) is 10.2. The lowest BCUT2D eigenvalue weighted by molar-refractivity contribution is 0.0693. The van der Waals surface area contributed by atoms with Gasteiger partial charge >= 0.3 is 5.97 Å². The number of nitrogens with zero attached hydrogens (tertiary/aromatic N) is 1. The highest BCUT2D eigenvalue weighted by atomic mass is 127. The first-order chi connectivity index (χ1) is 7.22. The number of carboxylic acids is 1. The summed E-state index contributed by atoms with van der Waals surface area (Å²) in [6.45, 7) is 0. The van der Waals surface area contributed by atoms with Gasteiger partial charge in [-0.25, -0.2) is 9.78 Å². The smallest absolute Gasteiger partial charge is 0.355 e. The van der Waals surface area contributed by atoms with Gasteiger partial charge in [-0.3, -0.25) is 0 Å². The number of hydrogen-bond donors (Lipinski definition) is 1. The summed E-state index contributed by atoms with van der Waals surface area (Å²) >= 11 is 1.78. The van der Waals surface area contributed by atoms with Crippen molar-refractivity contribution in [2.24, 2.45) is 0 Å². The van der Waals surface area contributed by atoms with Gasteiger partial charge in [-0.2, -0.15) is 0 Å². The number of halogens is 1. The van der Waals surface area contributed by atoms with Crippen LogP contribution in [0, 0.1) is 0 Å². The molecule has 0 aliphatic heterocycles. The molecule has 0 fully saturated rings. The van der Waals surface area contributed by atoms with E-state index < -0.39 is 5.97 Å². The fourth-order valence-corrected chi connectivity index (χ4v) is 1.65. The molecule has 1 aromatic carbocycles. The molecule has 0 atom stereocenters. The summed E-state index contributed by atoms with van der Waals surface area (Å²) in [7, 11) is 0. The molecule has 0 saturated heterocycles. The van der Waals surface area contributed by atoms with Crippen molar-refractivity contribution in [1.82, 2.24) is 4.98 Å². The zero-order chi connectivity index (χ0) is 10.8. The standard InChI is InChI=1S/C10H6INO3/c11-15-7-1-2-8-6(5-7)3-4-12-9(8)10(13)14/h1-5H,(H,13,14). The molecule has 0 aliphatic rings. The topological polar surface area (TPSA) is 59.4 Å². The second-order valence-electron chi connectivity index (χ2n) is 2.92. The van der Waals surface area contributed by atoms with E-state index >= 15 is 0 Å². The molecule has 5 heteroatoms. The van der Waals surface area contributed by atoms with Crippen LogP contribution in [0.15, 0.2) is 30.5 Å². The molecular weight excluding hydrogens is 309 g/mol. The average molecular weight is 315 g/mol. The first-order valence-electron chi connectivity index (χ1n) is 4.13. The number of aromatic nitrogens is 1. The van der Waals surface area contributed by atoms with Crippen LogP contribution in [0.3, 0.4) is 0 Å². The second-order valence-corrected chi connectivity index (χ2v) is 3.37. The molecule has 2 rings (SSSR count). The molecule has 0 radical (unpaired) electrons. The van der Waals surface area contributed by atoms with Crippen LogP contribution in [0.4, 0.5) is 0 Å². The van der Waals surface area contributed by atoms with E-state index in [0.29, 0.717) is 11.1 Å². The molecule has 0 unspecified atom stereocenters. The fourth-order valence-electron chi connectivity index (χ4n) is 1.37. The van der Waals surface area contributed by atoms with Crippen molar-refractivity contribution >= 4 is 39.7 Å².